The monoisotopic (exact) mass is 214 g/mol. The number of hydrogen-bond acceptors (Lipinski definition) is 4. The van der Waals surface area contributed by atoms with E-state index in [-0.39, 0.29) is 5.91 Å². The van der Waals surface area contributed by atoms with E-state index in [1.54, 1.807) is 6.21 Å². The molecule has 0 aliphatic rings. The maximum Gasteiger partial charge on any atom is 0.233 e. The van der Waals surface area contributed by atoms with E-state index in [1.807, 2.05) is 0 Å². The van der Waals surface area contributed by atoms with Crippen LogP contribution in [0.5, 0.6) is 0 Å². The number of rotatable bonds is 9. The second-order valence-corrected chi connectivity index (χ2v) is 3.56. The highest BCUT2D eigenvalue weighted by Gasteiger charge is 1.97. The standard InChI is InChI=1S/C10H22N4O/c11-13-9-7-5-3-1-2-4-6-8-10(15)14-12/h9H,1-8,11-12H2,(H,14,15). The third-order valence-electron chi connectivity index (χ3n) is 2.25. The molecule has 0 fully saturated rings. The zero-order valence-corrected chi connectivity index (χ0v) is 9.24. The molecule has 1 amide bonds. The van der Waals surface area contributed by atoms with Crippen molar-refractivity contribution >= 4 is 12.1 Å². The zero-order chi connectivity index (χ0) is 11.4. The van der Waals surface area contributed by atoms with Crippen molar-refractivity contribution in [1.29, 1.82) is 0 Å². The van der Waals surface area contributed by atoms with Crippen LogP contribution in [-0.4, -0.2) is 12.1 Å². The van der Waals surface area contributed by atoms with Crippen molar-refractivity contribution in [3.8, 4) is 0 Å². The maximum absolute atomic E-state index is 10.8. The normalized spacial score (nSPS) is 10.7. The van der Waals surface area contributed by atoms with E-state index in [4.69, 9.17) is 11.7 Å². The Labute approximate surface area is 91.3 Å². The quantitative estimate of drug-likeness (QED) is 0.176. The van der Waals surface area contributed by atoms with Crippen molar-refractivity contribution in [2.24, 2.45) is 16.8 Å². The van der Waals surface area contributed by atoms with Gasteiger partial charge in [-0.3, -0.25) is 10.2 Å². The van der Waals surface area contributed by atoms with Crippen LogP contribution in [0.25, 0.3) is 0 Å². The molecule has 0 rings (SSSR count). The van der Waals surface area contributed by atoms with Gasteiger partial charge in [-0.15, -0.1) is 0 Å². The third kappa shape index (κ3) is 10.8. The molecule has 88 valence electrons. The fourth-order valence-electron chi connectivity index (χ4n) is 1.37. The summed E-state index contributed by atoms with van der Waals surface area (Å²) < 4.78 is 0. The molecule has 5 heteroatoms. The van der Waals surface area contributed by atoms with Crippen LogP contribution in [0.3, 0.4) is 0 Å². The first kappa shape index (κ1) is 13.9. The van der Waals surface area contributed by atoms with Crippen LogP contribution in [-0.2, 0) is 4.79 Å². The number of nitrogens with two attached hydrogens (primary N) is 2. The Morgan fingerprint density at radius 1 is 1.13 bits per heavy atom. The van der Waals surface area contributed by atoms with Gasteiger partial charge in [-0.25, -0.2) is 5.84 Å². The molecule has 0 aromatic heterocycles. The lowest BCUT2D eigenvalue weighted by Crippen LogP contribution is -2.29. The number of carbonyl (C=O) groups is 1. The van der Waals surface area contributed by atoms with Gasteiger partial charge in [0.1, 0.15) is 0 Å². The van der Waals surface area contributed by atoms with Crippen molar-refractivity contribution in [1.82, 2.24) is 5.43 Å². The Kier molecular flexibility index (Phi) is 10.2. The number of hydrazone groups is 1. The van der Waals surface area contributed by atoms with E-state index in [1.165, 1.54) is 19.3 Å². The van der Waals surface area contributed by atoms with E-state index in [0.717, 1.165) is 25.7 Å². The summed E-state index contributed by atoms with van der Waals surface area (Å²) in [5.41, 5.74) is 2.12. The smallest absolute Gasteiger partial charge is 0.233 e. The Hall–Kier alpha value is -1.10. The SMILES string of the molecule is NN=CCCCCCCCCC(=O)NN. The minimum atomic E-state index is -0.0749. The van der Waals surface area contributed by atoms with Crippen LogP contribution < -0.4 is 17.1 Å². The lowest BCUT2D eigenvalue weighted by Gasteiger charge is -2.00. The highest BCUT2D eigenvalue weighted by atomic mass is 16.2. The minimum Gasteiger partial charge on any atom is -0.324 e. The summed E-state index contributed by atoms with van der Waals surface area (Å²) in [5, 5.41) is 3.43. The highest BCUT2D eigenvalue weighted by molar-refractivity contribution is 5.74. The summed E-state index contributed by atoms with van der Waals surface area (Å²) in [6.07, 6.45) is 10.00. The average Bonchev–Trinajstić information content (AvgIpc) is 2.26. The van der Waals surface area contributed by atoms with Gasteiger partial charge in [0.15, 0.2) is 0 Å². The van der Waals surface area contributed by atoms with E-state index in [9.17, 15) is 4.79 Å². The van der Waals surface area contributed by atoms with Crippen molar-refractivity contribution in [3.05, 3.63) is 0 Å². The van der Waals surface area contributed by atoms with Gasteiger partial charge < -0.3 is 5.84 Å². The van der Waals surface area contributed by atoms with Crippen LogP contribution in [0.4, 0.5) is 0 Å². The van der Waals surface area contributed by atoms with Crippen LogP contribution in [0.2, 0.25) is 0 Å². The number of unbranched alkanes of at least 4 members (excludes halogenated alkanes) is 6. The molecule has 5 nitrogen and oxygen atoms in total. The number of carbonyl (C=O) groups excluding carboxylic acids is 1. The molecule has 0 saturated heterocycles. The number of amides is 1. The average molecular weight is 214 g/mol. The van der Waals surface area contributed by atoms with Gasteiger partial charge in [-0.1, -0.05) is 25.7 Å². The molecular weight excluding hydrogens is 192 g/mol. The summed E-state index contributed by atoms with van der Waals surface area (Å²) in [5.74, 6) is 9.86. The summed E-state index contributed by atoms with van der Waals surface area (Å²) in [6.45, 7) is 0. The largest absolute Gasteiger partial charge is 0.324 e. The molecule has 0 heterocycles. The molecule has 15 heavy (non-hydrogen) atoms. The Bertz CT molecular complexity index is 182. The molecule has 0 unspecified atom stereocenters. The predicted molar refractivity (Wildman–Crippen MR) is 61.9 cm³/mol. The molecule has 0 aliphatic heterocycles. The van der Waals surface area contributed by atoms with E-state index in [2.05, 4.69) is 10.5 Å². The fourth-order valence-corrected chi connectivity index (χ4v) is 1.37. The summed E-state index contributed by atoms with van der Waals surface area (Å²) in [6, 6.07) is 0. The van der Waals surface area contributed by atoms with Crippen LogP contribution in [0.1, 0.15) is 51.4 Å². The van der Waals surface area contributed by atoms with Crippen LogP contribution >= 0.6 is 0 Å². The van der Waals surface area contributed by atoms with Crippen LogP contribution in [0.15, 0.2) is 5.10 Å². The van der Waals surface area contributed by atoms with Gasteiger partial charge in [0.25, 0.3) is 0 Å². The molecular formula is C10H22N4O. The van der Waals surface area contributed by atoms with Crippen molar-refractivity contribution < 1.29 is 4.79 Å². The van der Waals surface area contributed by atoms with E-state index < -0.39 is 0 Å². The number of nitrogens with zero attached hydrogens (tertiary/aromatic N) is 1. The molecule has 0 atom stereocenters. The molecule has 0 saturated carbocycles. The Morgan fingerprint density at radius 2 is 1.73 bits per heavy atom. The minimum absolute atomic E-state index is 0.0749. The third-order valence-corrected chi connectivity index (χ3v) is 2.25. The van der Waals surface area contributed by atoms with Gasteiger partial charge in [-0.05, 0) is 19.3 Å². The summed E-state index contributed by atoms with van der Waals surface area (Å²) in [4.78, 5) is 10.8. The lowest BCUT2D eigenvalue weighted by atomic mass is 10.1. The maximum atomic E-state index is 10.8. The second kappa shape index (κ2) is 11.0. The molecule has 5 N–H and O–H groups in total. The van der Waals surface area contributed by atoms with Gasteiger partial charge in [0.05, 0.1) is 0 Å². The number of hydrazine groups is 1. The second-order valence-electron chi connectivity index (χ2n) is 3.56. The predicted octanol–water partition coefficient (Wildman–Crippen LogP) is 1.04. The molecule has 0 radical (unpaired) electrons. The first-order valence-corrected chi connectivity index (χ1v) is 5.52. The summed E-state index contributed by atoms with van der Waals surface area (Å²) in [7, 11) is 0. The fraction of sp³-hybridized carbons (Fsp3) is 0.800. The molecule has 0 aromatic carbocycles. The highest BCUT2D eigenvalue weighted by Crippen LogP contribution is 2.07. The molecule has 0 spiro atoms. The zero-order valence-electron chi connectivity index (χ0n) is 9.24. The Balaban J connectivity index is 3.02. The van der Waals surface area contributed by atoms with E-state index >= 15 is 0 Å². The summed E-state index contributed by atoms with van der Waals surface area (Å²) >= 11 is 0. The number of hydrogen-bond donors (Lipinski definition) is 3. The molecule has 0 aromatic rings. The van der Waals surface area contributed by atoms with Gasteiger partial charge >= 0.3 is 0 Å². The Morgan fingerprint density at radius 3 is 2.33 bits per heavy atom. The molecule has 0 bridgehead atoms. The molecule has 0 aliphatic carbocycles. The topological polar surface area (TPSA) is 93.5 Å². The van der Waals surface area contributed by atoms with Crippen molar-refractivity contribution in [3.63, 3.8) is 0 Å². The number of nitrogens with one attached hydrogen (secondary N) is 1. The van der Waals surface area contributed by atoms with Gasteiger partial charge in [0, 0.05) is 12.6 Å². The van der Waals surface area contributed by atoms with Gasteiger partial charge in [0.2, 0.25) is 5.91 Å². The van der Waals surface area contributed by atoms with Crippen molar-refractivity contribution in [2.45, 2.75) is 51.4 Å². The van der Waals surface area contributed by atoms with Crippen LogP contribution in [0, 0.1) is 0 Å². The first-order valence-electron chi connectivity index (χ1n) is 5.52. The lowest BCUT2D eigenvalue weighted by molar-refractivity contribution is -0.121. The van der Waals surface area contributed by atoms with Gasteiger partial charge in [-0.2, -0.15) is 5.10 Å². The first-order chi connectivity index (χ1) is 7.31. The van der Waals surface area contributed by atoms with Crippen molar-refractivity contribution in [2.75, 3.05) is 0 Å². The van der Waals surface area contributed by atoms with E-state index in [0.29, 0.717) is 6.42 Å².